The fourth-order valence-corrected chi connectivity index (χ4v) is 2.36. The van der Waals surface area contributed by atoms with Gasteiger partial charge in [0.05, 0.1) is 6.10 Å². The maximum Gasteiger partial charge on any atom is 0.274 e. The first-order valence-corrected chi connectivity index (χ1v) is 6.26. The number of amides is 1. The van der Waals surface area contributed by atoms with Crippen LogP contribution in [-0.2, 0) is 4.84 Å². The van der Waals surface area contributed by atoms with Crippen LogP contribution in [0.25, 0.3) is 0 Å². The highest BCUT2D eigenvalue weighted by Gasteiger charge is 2.17. The van der Waals surface area contributed by atoms with E-state index in [4.69, 9.17) is 16.4 Å². The summed E-state index contributed by atoms with van der Waals surface area (Å²) in [5.74, 6) is -0.234. The maximum absolute atomic E-state index is 11.8. The van der Waals surface area contributed by atoms with E-state index in [1.54, 1.807) is 12.1 Å². The van der Waals surface area contributed by atoms with Gasteiger partial charge in [0.1, 0.15) is 0 Å². The quantitative estimate of drug-likeness (QED) is 0.840. The molecule has 0 bridgehead atoms. The number of hydroxylamine groups is 1. The molecule has 1 N–H and O–H groups in total. The topological polar surface area (TPSA) is 38.3 Å². The number of rotatable bonds is 3. The third-order valence-electron chi connectivity index (χ3n) is 2.92. The molecule has 17 heavy (non-hydrogen) atoms. The van der Waals surface area contributed by atoms with E-state index in [0.717, 1.165) is 18.4 Å². The van der Waals surface area contributed by atoms with Crippen molar-refractivity contribution >= 4 is 17.5 Å². The molecule has 1 aromatic carbocycles. The summed E-state index contributed by atoms with van der Waals surface area (Å²) >= 11 is 5.90. The van der Waals surface area contributed by atoms with E-state index >= 15 is 0 Å². The monoisotopic (exact) mass is 253 g/mol. The maximum atomic E-state index is 11.8. The Morgan fingerprint density at radius 3 is 2.71 bits per heavy atom. The van der Waals surface area contributed by atoms with Crippen LogP contribution < -0.4 is 5.48 Å². The predicted octanol–water partition coefficient (Wildman–Crippen LogP) is 3.25. The Kier molecular flexibility index (Phi) is 4.02. The zero-order valence-electron chi connectivity index (χ0n) is 9.83. The zero-order chi connectivity index (χ0) is 12.3. The Labute approximate surface area is 106 Å². The van der Waals surface area contributed by atoms with E-state index in [1.807, 2.05) is 13.0 Å². The van der Waals surface area contributed by atoms with E-state index in [9.17, 15) is 4.79 Å². The molecule has 0 radical (unpaired) electrons. The van der Waals surface area contributed by atoms with Crippen molar-refractivity contribution in [3.63, 3.8) is 0 Å². The van der Waals surface area contributed by atoms with Crippen LogP contribution in [-0.4, -0.2) is 12.0 Å². The zero-order valence-corrected chi connectivity index (χ0v) is 10.6. The van der Waals surface area contributed by atoms with E-state index in [2.05, 4.69) is 5.48 Å². The average Bonchev–Trinajstić information content (AvgIpc) is 2.77. The lowest BCUT2D eigenvalue weighted by atomic mass is 10.1. The first-order valence-electron chi connectivity index (χ1n) is 5.88. The summed E-state index contributed by atoms with van der Waals surface area (Å²) in [7, 11) is 0. The second-order valence-corrected chi connectivity index (χ2v) is 4.91. The summed E-state index contributed by atoms with van der Waals surface area (Å²) in [6.07, 6.45) is 4.57. The number of hydrogen-bond donors (Lipinski definition) is 1. The molecule has 0 aromatic heterocycles. The first kappa shape index (κ1) is 12.4. The highest BCUT2D eigenvalue weighted by atomic mass is 35.5. The minimum atomic E-state index is -0.234. The Hall–Kier alpha value is -1.06. The Morgan fingerprint density at radius 1 is 1.35 bits per heavy atom. The Morgan fingerprint density at radius 2 is 2.06 bits per heavy atom. The smallest absolute Gasteiger partial charge is 0.270 e. The van der Waals surface area contributed by atoms with Crippen molar-refractivity contribution in [3.8, 4) is 0 Å². The molecule has 1 amide bonds. The van der Waals surface area contributed by atoms with Crippen LogP contribution in [0.5, 0.6) is 0 Å². The van der Waals surface area contributed by atoms with Crippen LogP contribution in [0.1, 0.15) is 41.6 Å². The fraction of sp³-hybridized carbons (Fsp3) is 0.462. The van der Waals surface area contributed by atoms with Gasteiger partial charge in [-0.15, -0.1) is 0 Å². The van der Waals surface area contributed by atoms with Crippen molar-refractivity contribution in [3.05, 3.63) is 34.3 Å². The summed E-state index contributed by atoms with van der Waals surface area (Å²) in [6.45, 7) is 1.90. The van der Waals surface area contributed by atoms with Gasteiger partial charge in [-0.3, -0.25) is 9.63 Å². The lowest BCUT2D eigenvalue weighted by Gasteiger charge is -2.11. The summed E-state index contributed by atoms with van der Waals surface area (Å²) in [4.78, 5) is 17.2. The lowest BCUT2D eigenvalue weighted by Crippen LogP contribution is -2.28. The van der Waals surface area contributed by atoms with Crippen molar-refractivity contribution in [2.45, 2.75) is 38.7 Å². The van der Waals surface area contributed by atoms with Gasteiger partial charge in [-0.25, -0.2) is 5.48 Å². The highest BCUT2D eigenvalue weighted by molar-refractivity contribution is 6.31. The van der Waals surface area contributed by atoms with Crippen molar-refractivity contribution in [1.82, 2.24) is 5.48 Å². The van der Waals surface area contributed by atoms with Gasteiger partial charge in [0.2, 0.25) is 0 Å². The number of hydrogen-bond acceptors (Lipinski definition) is 2. The minimum Gasteiger partial charge on any atom is -0.270 e. The molecule has 0 heterocycles. The summed E-state index contributed by atoms with van der Waals surface area (Å²) < 4.78 is 0. The molecule has 1 saturated carbocycles. The number of aryl methyl sites for hydroxylation is 1. The van der Waals surface area contributed by atoms with E-state index in [-0.39, 0.29) is 12.0 Å². The van der Waals surface area contributed by atoms with Crippen LogP contribution in [0.2, 0.25) is 5.02 Å². The molecule has 1 aliphatic rings. The number of halogens is 1. The summed E-state index contributed by atoms with van der Waals surface area (Å²) in [5.41, 5.74) is 3.99. The first-order chi connectivity index (χ1) is 8.15. The Balaban J connectivity index is 1.94. The van der Waals surface area contributed by atoms with Crippen molar-refractivity contribution in [2.75, 3.05) is 0 Å². The van der Waals surface area contributed by atoms with E-state index in [0.29, 0.717) is 10.6 Å². The van der Waals surface area contributed by atoms with Crippen LogP contribution in [0.15, 0.2) is 18.2 Å². The summed E-state index contributed by atoms with van der Waals surface area (Å²) in [5, 5.41) is 0.566. The van der Waals surface area contributed by atoms with E-state index < -0.39 is 0 Å². The summed E-state index contributed by atoms with van der Waals surface area (Å²) in [6, 6.07) is 5.25. The van der Waals surface area contributed by atoms with Crippen molar-refractivity contribution in [1.29, 1.82) is 0 Å². The third kappa shape index (κ3) is 3.45. The van der Waals surface area contributed by atoms with Crippen LogP contribution in [0.4, 0.5) is 0 Å². The molecular weight excluding hydrogens is 238 g/mol. The van der Waals surface area contributed by atoms with E-state index in [1.165, 1.54) is 12.8 Å². The second kappa shape index (κ2) is 5.52. The number of nitrogens with one attached hydrogen (secondary N) is 1. The number of carbonyl (C=O) groups excluding carboxylic acids is 1. The van der Waals surface area contributed by atoms with Gasteiger partial charge in [0, 0.05) is 10.6 Å². The molecule has 0 spiro atoms. The molecule has 0 unspecified atom stereocenters. The molecule has 0 atom stereocenters. The van der Waals surface area contributed by atoms with Crippen LogP contribution in [0.3, 0.4) is 0 Å². The second-order valence-electron chi connectivity index (χ2n) is 4.47. The average molecular weight is 254 g/mol. The molecule has 2 rings (SSSR count). The van der Waals surface area contributed by atoms with Gasteiger partial charge in [-0.05, 0) is 43.5 Å². The van der Waals surface area contributed by atoms with Gasteiger partial charge in [-0.1, -0.05) is 24.4 Å². The normalized spacial score (nSPS) is 16.1. The predicted molar refractivity (Wildman–Crippen MR) is 67.0 cm³/mol. The molecule has 0 aliphatic heterocycles. The molecule has 0 saturated heterocycles. The molecule has 1 aromatic rings. The van der Waals surface area contributed by atoms with Gasteiger partial charge in [-0.2, -0.15) is 0 Å². The van der Waals surface area contributed by atoms with Crippen LogP contribution in [0, 0.1) is 6.92 Å². The molecule has 3 nitrogen and oxygen atoms in total. The lowest BCUT2D eigenvalue weighted by molar-refractivity contribution is -0.0124. The largest absolute Gasteiger partial charge is 0.274 e. The number of carbonyl (C=O) groups is 1. The SMILES string of the molecule is Cc1cc(Cl)cc(C(=O)NOC2CCCC2)c1. The molecular formula is C13H16ClNO2. The molecule has 92 valence electrons. The molecule has 4 heteroatoms. The van der Waals surface area contributed by atoms with Crippen molar-refractivity contribution in [2.24, 2.45) is 0 Å². The standard InChI is InChI=1S/C13H16ClNO2/c1-9-6-10(8-11(14)7-9)13(16)15-17-12-4-2-3-5-12/h6-8,12H,2-5H2,1H3,(H,15,16). The van der Waals surface area contributed by atoms with Gasteiger partial charge in [0.25, 0.3) is 5.91 Å². The van der Waals surface area contributed by atoms with Gasteiger partial charge < -0.3 is 0 Å². The van der Waals surface area contributed by atoms with Crippen LogP contribution >= 0.6 is 11.6 Å². The molecule has 1 fully saturated rings. The van der Waals surface area contributed by atoms with Gasteiger partial charge in [0.15, 0.2) is 0 Å². The fourth-order valence-electron chi connectivity index (χ4n) is 2.07. The Bertz CT molecular complexity index is 394. The number of benzene rings is 1. The highest BCUT2D eigenvalue weighted by Crippen LogP contribution is 2.20. The molecule has 1 aliphatic carbocycles. The minimum absolute atomic E-state index is 0.166. The van der Waals surface area contributed by atoms with Crippen molar-refractivity contribution < 1.29 is 9.63 Å². The third-order valence-corrected chi connectivity index (χ3v) is 3.14. The van der Waals surface area contributed by atoms with Gasteiger partial charge >= 0.3 is 0 Å².